The molecule has 0 amide bonds. The summed E-state index contributed by atoms with van der Waals surface area (Å²) in [6.45, 7) is 0. The number of benzene rings is 7. The second-order valence-corrected chi connectivity index (χ2v) is 17.5. The van der Waals surface area contributed by atoms with Crippen LogP contribution in [0.2, 0.25) is 0 Å². The van der Waals surface area contributed by atoms with Crippen molar-refractivity contribution in [3.63, 3.8) is 0 Å². The van der Waals surface area contributed by atoms with E-state index in [9.17, 15) is 0 Å². The largest absolute Gasteiger partial charge is 0.309 e. The first-order valence-corrected chi connectivity index (χ1v) is 19.7. The van der Waals surface area contributed by atoms with Crippen molar-refractivity contribution < 1.29 is 0 Å². The summed E-state index contributed by atoms with van der Waals surface area (Å²) in [5, 5.41) is 9.11. The molecule has 5 heteroatoms. The molecule has 0 N–H and O–H groups in total. The predicted octanol–water partition coefficient (Wildman–Crippen LogP) is 8.11. The molecular formula is C44H31N3SSi. The van der Waals surface area contributed by atoms with Crippen molar-refractivity contribution in [1.82, 2.24) is 14.1 Å². The molecule has 0 saturated heterocycles. The molecule has 49 heavy (non-hydrogen) atoms. The van der Waals surface area contributed by atoms with Gasteiger partial charge in [0.05, 0.1) is 27.8 Å². The predicted molar refractivity (Wildman–Crippen MR) is 209 cm³/mol. The number of hydrogen-bond acceptors (Lipinski definition) is 2. The lowest BCUT2D eigenvalue weighted by atomic mass is 10.1. The Kier molecular flexibility index (Phi) is 6.51. The Labute approximate surface area is 290 Å². The molecule has 0 atom stereocenters. The number of nitrogens with zero attached hydrogens (tertiary/aromatic N) is 3. The molecule has 3 heterocycles. The normalized spacial score (nSPS) is 12.7. The molecule has 0 spiro atoms. The lowest BCUT2D eigenvalue weighted by molar-refractivity contribution is 0.892. The number of hydrogen-bond donors (Lipinski definition) is 0. The Morgan fingerprint density at radius 1 is 0.469 bits per heavy atom. The van der Waals surface area contributed by atoms with Crippen molar-refractivity contribution in [2.24, 2.45) is 0 Å². The smallest absolute Gasteiger partial charge is 0.179 e. The minimum atomic E-state index is -2.67. The molecular weight excluding hydrogens is 631 g/mol. The van der Waals surface area contributed by atoms with Crippen molar-refractivity contribution in [3.05, 3.63) is 181 Å². The van der Waals surface area contributed by atoms with Gasteiger partial charge in [-0.2, -0.15) is 0 Å². The van der Waals surface area contributed by atoms with Gasteiger partial charge in [-0.05, 0) is 62.7 Å². The molecule has 1 aliphatic rings. The second-order valence-electron chi connectivity index (χ2n) is 12.8. The van der Waals surface area contributed by atoms with Crippen LogP contribution in [0, 0.1) is 0 Å². The zero-order valence-corrected chi connectivity index (χ0v) is 28.5. The van der Waals surface area contributed by atoms with Gasteiger partial charge in [-0.15, -0.1) is 0 Å². The number of fused-ring (bicyclic) bond motifs is 8. The summed E-state index contributed by atoms with van der Waals surface area (Å²) in [6, 6.07) is 65.1. The summed E-state index contributed by atoms with van der Waals surface area (Å²) >= 11 is 1.81. The van der Waals surface area contributed by atoms with Crippen molar-refractivity contribution in [1.29, 1.82) is 0 Å². The van der Waals surface area contributed by atoms with Gasteiger partial charge < -0.3 is 4.57 Å². The van der Waals surface area contributed by atoms with Crippen LogP contribution in [0.4, 0.5) is 0 Å². The van der Waals surface area contributed by atoms with Gasteiger partial charge in [-0.3, -0.25) is 4.57 Å². The molecule has 0 aliphatic carbocycles. The van der Waals surface area contributed by atoms with E-state index in [1.54, 1.807) is 0 Å². The van der Waals surface area contributed by atoms with Crippen molar-refractivity contribution in [2.45, 2.75) is 10.9 Å². The standard InChI is InChI=1S/C44H31N3SSi/c1-4-14-33(15-5-1)49(34-16-6-2-7-17-34,35-18-8-3-9-19-35)36-26-27-41-38(29-36)37-20-10-12-22-40(37)46(41)32-25-24-31-30-48-44-45-39-21-11-13-23-42(39)47(44)43(31)28-32/h1-29H,30H2. The van der Waals surface area contributed by atoms with E-state index >= 15 is 0 Å². The minimum Gasteiger partial charge on any atom is -0.309 e. The third-order valence-corrected chi connectivity index (χ3v) is 15.9. The monoisotopic (exact) mass is 661 g/mol. The van der Waals surface area contributed by atoms with Crippen molar-refractivity contribution >= 4 is 73.4 Å². The van der Waals surface area contributed by atoms with Gasteiger partial charge in [0.1, 0.15) is 0 Å². The van der Waals surface area contributed by atoms with E-state index in [1.165, 1.54) is 53.8 Å². The molecule has 1 aliphatic heterocycles. The zero-order valence-electron chi connectivity index (χ0n) is 26.7. The quantitative estimate of drug-likeness (QED) is 0.137. The van der Waals surface area contributed by atoms with E-state index in [2.05, 4.69) is 185 Å². The van der Waals surface area contributed by atoms with Crippen LogP contribution in [0.5, 0.6) is 0 Å². The van der Waals surface area contributed by atoms with Gasteiger partial charge in [0.25, 0.3) is 0 Å². The molecule has 0 bridgehead atoms. The molecule has 9 aromatic rings. The summed E-state index contributed by atoms with van der Waals surface area (Å²) < 4.78 is 4.79. The van der Waals surface area contributed by atoms with Crippen LogP contribution < -0.4 is 20.7 Å². The summed E-state index contributed by atoms with van der Waals surface area (Å²) in [4.78, 5) is 4.97. The molecule has 232 valence electrons. The van der Waals surface area contributed by atoms with Crippen LogP contribution in [0.25, 0.3) is 44.2 Å². The molecule has 0 saturated carbocycles. The fourth-order valence-corrected chi connectivity index (χ4v) is 13.8. The van der Waals surface area contributed by atoms with E-state index < -0.39 is 8.07 Å². The number of para-hydroxylation sites is 3. The van der Waals surface area contributed by atoms with Crippen LogP contribution in [-0.2, 0) is 5.75 Å². The molecule has 3 nitrogen and oxygen atoms in total. The number of aromatic nitrogens is 3. The summed E-state index contributed by atoms with van der Waals surface area (Å²) in [6.07, 6.45) is 0. The maximum absolute atomic E-state index is 4.97. The Hall–Kier alpha value is -5.62. The van der Waals surface area contributed by atoms with Crippen LogP contribution in [-0.4, -0.2) is 22.2 Å². The summed E-state index contributed by atoms with van der Waals surface area (Å²) in [5.74, 6) is 0.917. The van der Waals surface area contributed by atoms with Crippen LogP contribution in [0.1, 0.15) is 5.56 Å². The zero-order chi connectivity index (χ0) is 32.4. The van der Waals surface area contributed by atoms with Gasteiger partial charge >= 0.3 is 0 Å². The average molecular weight is 662 g/mol. The fraction of sp³-hybridized carbons (Fsp3) is 0.0227. The maximum atomic E-state index is 4.97. The SMILES string of the molecule is c1ccc([Si](c2ccccc2)(c2ccccc2)c2ccc3c(c2)c2ccccc2n3-c2ccc3c(c2)-n2c(nc4ccccc42)SC3)cc1. The highest BCUT2D eigenvalue weighted by Crippen LogP contribution is 2.39. The van der Waals surface area contributed by atoms with Gasteiger partial charge in [-0.25, -0.2) is 4.98 Å². The van der Waals surface area contributed by atoms with E-state index in [0.717, 1.165) is 27.6 Å². The number of imidazole rings is 1. The van der Waals surface area contributed by atoms with Gasteiger partial charge in [0, 0.05) is 22.2 Å². The minimum absolute atomic E-state index is 0.917. The lowest BCUT2D eigenvalue weighted by Gasteiger charge is -2.34. The van der Waals surface area contributed by atoms with E-state index in [-0.39, 0.29) is 0 Å². The third-order valence-electron chi connectivity index (χ3n) is 10.2. The molecule has 10 rings (SSSR count). The van der Waals surface area contributed by atoms with Crippen molar-refractivity contribution in [2.75, 3.05) is 0 Å². The first-order chi connectivity index (χ1) is 24.3. The van der Waals surface area contributed by atoms with Gasteiger partial charge in [0.2, 0.25) is 0 Å². The highest BCUT2D eigenvalue weighted by molar-refractivity contribution is 7.98. The third kappa shape index (κ3) is 4.26. The first kappa shape index (κ1) is 28.4. The van der Waals surface area contributed by atoms with E-state index in [4.69, 9.17) is 4.98 Å². The van der Waals surface area contributed by atoms with Gasteiger partial charge in [-0.1, -0.05) is 151 Å². The van der Waals surface area contributed by atoms with E-state index in [1.807, 2.05) is 11.8 Å². The highest BCUT2D eigenvalue weighted by Gasteiger charge is 2.41. The molecule has 0 radical (unpaired) electrons. The number of thioether (sulfide) groups is 1. The lowest BCUT2D eigenvalue weighted by Crippen LogP contribution is -2.74. The molecule has 0 unspecified atom stereocenters. The molecule has 7 aromatic carbocycles. The second kappa shape index (κ2) is 11.2. The topological polar surface area (TPSA) is 22.8 Å². The van der Waals surface area contributed by atoms with Crippen LogP contribution in [0.3, 0.4) is 0 Å². The highest BCUT2D eigenvalue weighted by atomic mass is 32.2. The average Bonchev–Trinajstić information content (AvgIpc) is 3.72. The Morgan fingerprint density at radius 2 is 1.06 bits per heavy atom. The Morgan fingerprint density at radius 3 is 1.76 bits per heavy atom. The van der Waals surface area contributed by atoms with E-state index in [0.29, 0.717) is 0 Å². The fourth-order valence-electron chi connectivity index (χ4n) is 8.05. The first-order valence-electron chi connectivity index (χ1n) is 16.7. The molecule has 0 fully saturated rings. The molecule has 2 aromatic heterocycles. The summed E-state index contributed by atoms with van der Waals surface area (Å²) in [5.41, 5.74) is 8.31. The van der Waals surface area contributed by atoms with Crippen LogP contribution >= 0.6 is 11.8 Å². The van der Waals surface area contributed by atoms with Gasteiger partial charge in [0.15, 0.2) is 13.2 Å². The Balaban J connectivity index is 1.24. The summed E-state index contributed by atoms with van der Waals surface area (Å²) in [7, 11) is -2.67. The Bertz CT molecular complexity index is 2560. The van der Waals surface area contributed by atoms with Crippen molar-refractivity contribution in [3.8, 4) is 11.4 Å². The number of rotatable bonds is 5. The van der Waals surface area contributed by atoms with Crippen LogP contribution in [0.15, 0.2) is 181 Å². The maximum Gasteiger partial charge on any atom is 0.179 e.